The van der Waals surface area contributed by atoms with Gasteiger partial charge in [0.2, 0.25) is 11.8 Å². The summed E-state index contributed by atoms with van der Waals surface area (Å²) in [6.45, 7) is 8.81. The molecule has 1 heterocycles. The number of aryl methyl sites for hydroxylation is 1. The number of amides is 2. The number of benzene rings is 1. The third-order valence-corrected chi connectivity index (χ3v) is 5.10. The van der Waals surface area contributed by atoms with Crippen molar-refractivity contribution < 1.29 is 9.59 Å². The molecular weight excluding hydrogens is 384 g/mol. The molecule has 0 radical (unpaired) electrons. The number of anilines is 1. The zero-order valence-electron chi connectivity index (χ0n) is 15.0. The molecule has 2 rings (SSSR count). The van der Waals surface area contributed by atoms with Crippen LogP contribution in [0.5, 0.6) is 0 Å². The van der Waals surface area contributed by atoms with E-state index in [2.05, 4.69) is 36.4 Å². The molecule has 0 saturated carbocycles. The maximum Gasteiger partial charge on any atom is 0.238 e. The van der Waals surface area contributed by atoms with E-state index in [1.165, 1.54) is 0 Å². The van der Waals surface area contributed by atoms with Crippen molar-refractivity contribution in [2.24, 2.45) is 0 Å². The monoisotopic (exact) mass is 410 g/mol. The van der Waals surface area contributed by atoms with E-state index in [1.807, 2.05) is 32.0 Å². The van der Waals surface area contributed by atoms with E-state index >= 15 is 0 Å². The molecule has 0 aromatic heterocycles. The second kappa shape index (κ2) is 9.89. The smallest absolute Gasteiger partial charge is 0.238 e. The molecule has 25 heavy (non-hydrogen) atoms. The molecule has 1 saturated heterocycles. The van der Waals surface area contributed by atoms with Crippen molar-refractivity contribution in [3.63, 3.8) is 0 Å². The SMILES string of the molecule is CCCNC(=O)CN1CCN(CC(=O)Nc2ccc(Br)c(C)c2)CC1. The summed E-state index contributed by atoms with van der Waals surface area (Å²) in [7, 11) is 0. The van der Waals surface area contributed by atoms with Crippen molar-refractivity contribution in [3.05, 3.63) is 28.2 Å². The zero-order chi connectivity index (χ0) is 18.2. The molecule has 138 valence electrons. The highest BCUT2D eigenvalue weighted by Gasteiger charge is 2.20. The molecule has 0 aliphatic carbocycles. The van der Waals surface area contributed by atoms with Crippen molar-refractivity contribution >= 4 is 33.4 Å². The molecule has 7 heteroatoms. The predicted molar refractivity (Wildman–Crippen MR) is 104 cm³/mol. The lowest BCUT2D eigenvalue weighted by Gasteiger charge is -2.33. The summed E-state index contributed by atoms with van der Waals surface area (Å²) in [5, 5.41) is 5.84. The number of nitrogens with one attached hydrogen (secondary N) is 2. The number of hydrogen-bond acceptors (Lipinski definition) is 4. The first kappa shape index (κ1) is 19.9. The van der Waals surface area contributed by atoms with Crippen LogP contribution < -0.4 is 10.6 Å². The van der Waals surface area contributed by atoms with Crippen molar-refractivity contribution in [1.29, 1.82) is 0 Å². The number of rotatable bonds is 7. The molecule has 1 aliphatic rings. The fourth-order valence-electron chi connectivity index (χ4n) is 2.75. The molecule has 0 atom stereocenters. The van der Waals surface area contributed by atoms with E-state index in [0.717, 1.165) is 54.9 Å². The summed E-state index contributed by atoms with van der Waals surface area (Å²) >= 11 is 3.46. The average molecular weight is 411 g/mol. The van der Waals surface area contributed by atoms with E-state index in [1.54, 1.807) is 0 Å². The highest BCUT2D eigenvalue weighted by atomic mass is 79.9. The Balaban J connectivity index is 1.71. The molecule has 0 spiro atoms. The fraction of sp³-hybridized carbons (Fsp3) is 0.556. The summed E-state index contributed by atoms with van der Waals surface area (Å²) in [4.78, 5) is 28.2. The van der Waals surface area contributed by atoms with Crippen LogP contribution >= 0.6 is 15.9 Å². The van der Waals surface area contributed by atoms with Gasteiger partial charge in [-0.25, -0.2) is 0 Å². The van der Waals surface area contributed by atoms with Crippen molar-refractivity contribution in [2.45, 2.75) is 20.3 Å². The summed E-state index contributed by atoms with van der Waals surface area (Å²) < 4.78 is 1.03. The van der Waals surface area contributed by atoms with Gasteiger partial charge in [0, 0.05) is 42.9 Å². The van der Waals surface area contributed by atoms with E-state index in [4.69, 9.17) is 0 Å². The lowest BCUT2D eigenvalue weighted by atomic mass is 10.2. The summed E-state index contributed by atoms with van der Waals surface area (Å²) in [5.74, 6) is 0.0783. The van der Waals surface area contributed by atoms with E-state index in [0.29, 0.717) is 13.1 Å². The van der Waals surface area contributed by atoms with Gasteiger partial charge in [-0.1, -0.05) is 22.9 Å². The number of halogens is 1. The zero-order valence-corrected chi connectivity index (χ0v) is 16.6. The third kappa shape index (κ3) is 6.76. The Labute approximate surface area is 158 Å². The van der Waals surface area contributed by atoms with Crippen LogP contribution in [0, 0.1) is 6.92 Å². The minimum absolute atomic E-state index is 0.00383. The normalized spacial score (nSPS) is 15.8. The molecule has 2 amide bonds. The highest BCUT2D eigenvalue weighted by molar-refractivity contribution is 9.10. The first-order valence-corrected chi connectivity index (χ1v) is 9.54. The van der Waals surface area contributed by atoms with Gasteiger partial charge in [0.15, 0.2) is 0 Å². The molecule has 0 unspecified atom stereocenters. The third-order valence-electron chi connectivity index (χ3n) is 4.21. The van der Waals surface area contributed by atoms with Gasteiger partial charge in [-0.15, -0.1) is 0 Å². The Morgan fingerprint density at radius 1 is 1.08 bits per heavy atom. The fourth-order valence-corrected chi connectivity index (χ4v) is 3.00. The first-order valence-electron chi connectivity index (χ1n) is 8.75. The lowest BCUT2D eigenvalue weighted by molar-refractivity contribution is -0.123. The quantitative estimate of drug-likeness (QED) is 0.719. The second-order valence-electron chi connectivity index (χ2n) is 6.41. The summed E-state index contributed by atoms with van der Waals surface area (Å²) in [5.41, 5.74) is 1.91. The molecule has 0 bridgehead atoms. The Bertz CT molecular complexity index is 601. The number of carbonyl (C=O) groups excluding carboxylic acids is 2. The van der Waals surface area contributed by atoms with Crippen LogP contribution in [0.15, 0.2) is 22.7 Å². The first-order chi connectivity index (χ1) is 12.0. The van der Waals surface area contributed by atoms with Gasteiger partial charge in [-0.05, 0) is 37.1 Å². The number of piperazine rings is 1. The maximum atomic E-state index is 12.2. The molecule has 1 fully saturated rings. The molecule has 1 aliphatic heterocycles. The van der Waals surface area contributed by atoms with Gasteiger partial charge in [-0.2, -0.15) is 0 Å². The minimum atomic E-state index is -0.00383. The van der Waals surface area contributed by atoms with Gasteiger partial charge >= 0.3 is 0 Å². The number of hydrogen-bond donors (Lipinski definition) is 2. The van der Waals surface area contributed by atoms with Gasteiger partial charge < -0.3 is 10.6 Å². The highest BCUT2D eigenvalue weighted by Crippen LogP contribution is 2.20. The molecule has 1 aromatic rings. The van der Waals surface area contributed by atoms with Crippen molar-refractivity contribution in [2.75, 3.05) is 51.1 Å². The standard InChI is InChI=1S/C18H27BrN4O2/c1-3-6-20-17(24)12-22-7-9-23(10-8-22)13-18(25)21-15-4-5-16(19)14(2)11-15/h4-5,11H,3,6-10,12-13H2,1-2H3,(H,20,24)(H,21,25). The molecule has 1 aromatic carbocycles. The topological polar surface area (TPSA) is 64.7 Å². The Hall–Kier alpha value is -1.44. The molecule has 6 nitrogen and oxygen atoms in total. The van der Waals surface area contributed by atoms with Gasteiger partial charge in [-0.3, -0.25) is 19.4 Å². The largest absolute Gasteiger partial charge is 0.355 e. The molecular formula is C18H27BrN4O2. The number of carbonyl (C=O) groups is 2. The van der Waals surface area contributed by atoms with Crippen LogP contribution in [-0.4, -0.2) is 67.4 Å². The Morgan fingerprint density at radius 2 is 1.68 bits per heavy atom. The van der Waals surface area contributed by atoms with Gasteiger partial charge in [0.25, 0.3) is 0 Å². The Morgan fingerprint density at radius 3 is 2.24 bits per heavy atom. The summed E-state index contributed by atoms with van der Waals surface area (Å²) in [6, 6.07) is 5.78. The molecule has 2 N–H and O–H groups in total. The minimum Gasteiger partial charge on any atom is -0.355 e. The van der Waals surface area contributed by atoms with Crippen LogP contribution in [-0.2, 0) is 9.59 Å². The van der Waals surface area contributed by atoms with Crippen molar-refractivity contribution in [1.82, 2.24) is 15.1 Å². The Kier molecular flexibility index (Phi) is 7.87. The van der Waals surface area contributed by atoms with E-state index in [9.17, 15) is 9.59 Å². The van der Waals surface area contributed by atoms with Crippen LogP contribution in [0.2, 0.25) is 0 Å². The van der Waals surface area contributed by atoms with Crippen molar-refractivity contribution in [3.8, 4) is 0 Å². The van der Waals surface area contributed by atoms with Crippen LogP contribution in [0.4, 0.5) is 5.69 Å². The van der Waals surface area contributed by atoms with Gasteiger partial charge in [0.05, 0.1) is 13.1 Å². The summed E-state index contributed by atoms with van der Waals surface area (Å²) in [6.07, 6.45) is 0.951. The van der Waals surface area contributed by atoms with E-state index in [-0.39, 0.29) is 11.8 Å². The lowest BCUT2D eigenvalue weighted by Crippen LogP contribution is -2.51. The second-order valence-corrected chi connectivity index (χ2v) is 7.27. The van der Waals surface area contributed by atoms with Crippen LogP contribution in [0.1, 0.15) is 18.9 Å². The van der Waals surface area contributed by atoms with Crippen LogP contribution in [0.3, 0.4) is 0 Å². The van der Waals surface area contributed by atoms with Gasteiger partial charge in [0.1, 0.15) is 0 Å². The van der Waals surface area contributed by atoms with Crippen LogP contribution in [0.25, 0.3) is 0 Å². The van der Waals surface area contributed by atoms with E-state index < -0.39 is 0 Å². The average Bonchev–Trinajstić information content (AvgIpc) is 2.58. The maximum absolute atomic E-state index is 12.2. The predicted octanol–water partition coefficient (Wildman–Crippen LogP) is 1.84. The number of nitrogens with zero attached hydrogens (tertiary/aromatic N) is 2.